The molecule has 0 bridgehead atoms. The molecular formula is C24H23Cl2N3O3S. The number of aliphatic imine (C=N–C) groups is 1. The number of amidine groups is 1. The Bertz CT molecular complexity index is 1110. The fourth-order valence-corrected chi connectivity index (χ4v) is 5.53. The normalized spacial score (nSPS) is 20.0. The molecule has 2 fully saturated rings. The Morgan fingerprint density at radius 2 is 1.79 bits per heavy atom. The minimum atomic E-state index is -0.552. The summed E-state index contributed by atoms with van der Waals surface area (Å²) >= 11 is 13.5. The van der Waals surface area contributed by atoms with E-state index in [1.54, 1.807) is 47.4 Å². The first-order valence-corrected chi connectivity index (χ1v) is 12.4. The van der Waals surface area contributed by atoms with Crippen molar-refractivity contribution in [3.8, 4) is 0 Å². The first-order valence-electron chi connectivity index (χ1n) is 10.8. The van der Waals surface area contributed by atoms with Gasteiger partial charge in [0, 0.05) is 23.7 Å². The van der Waals surface area contributed by atoms with E-state index in [-0.39, 0.29) is 30.1 Å². The van der Waals surface area contributed by atoms with Gasteiger partial charge in [0.05, 0.1) is 15.7 Å². The van der Waals surface area contributed by atoms with Crippen molar-refractivity contribution < 1.29 is 14.4 Å². The Balaban J connectivity index is 1.50. The van der Waals surface area contributed by atoms with Crippen molar-refractivity contribution in [2.75, 3.05) is 5.32 Å². The number of anilines is 1. The van der Waals surface area contributed by atoms with Crippen LogP contribution in [0.25, 0.3) is 0 Å². The number of nitrogens with one attached hydrogen (secondary N) is 1. The fourth-order valence-electron chi connectivity index (χ4n) is 4.03. The molecule has 1 aliphatic carbocycles. The number of ketones is 1. The van der Waals surface area contributed by atoms with Gasteiger partial charge in [-0.05, 0) is 62.2 Å². The van der Waals surface area contributed by atoms with Gasteiger partial charge in [-0.2, -0.15) is 0 Å². The molecule has 172 valence electrons. The molecule has 1 N–H and O–H groups in total. The molecule has 2 aromatic rings. The standard InChI is InChI=1S/C24H23Cl2N3O3S/c1-14(30)15-6-8-16(9-7-15)27-22(31)13-21-23(32)29(18-4-2-3-5-18)24(33-21)28-17-10-11-19(25)20(26)12-17/h6-12,18,21H,2-5,13H2,1H3,(H,27,31). The maximum Gasteiger partial charge on any atom is 0.242 e. The lowest BCUT2D eigenvalue weighted by Gasteiger charge is -2.23. The van der Waals surface area contributed by atoms with Crippen LogP contribution in [0.2, 0.25) is 10.0 Å². The first-order chi connectivity index (χ1) is 15.8. The SMILES string of the molecule is CC(=O)c1ccc(NC(=O)CC2SC(=Nc3ccc(Cl)c(Cl)c3)N(C3CCCC3)C2=O)cc1. The van der Waals surface area contributed by atoms with Crippen LogP contribution in [-0.2, 0) is 9.59 Å². The predicted molar refractivity (Wildman–Crippen MR) is 134 cm³/mol. The summed E-state index contributed by atoms with van der Waals surface area (Å²) in [5.41, 5.74) is 1.76. The Labute approximate surface area is 206 Å². The summed E-state index contributed by atoms with van der Waals surface area (Å²) < 4.78 is 0. The number of hydrogen-bond donors (Lipinski definition) is 1. The first kappa shape index (κ1) is 23.8. The van der Waals surface area contributed by atoms with Crippen molar-refractivity contribution in [1.82, 2.24) is 4.90 Å². The molecular weight excluding hydrogens is 481 g/mol. The lowest BCUT2D eigenvalue weighted by molar-refractivity contribution is -0.129. The number of halogens is 2. The van der Waals surface area contributed by atoms with Gasteiger partial charge in [0.25, 0.3) is 0 Å². The number of carbonyl (C=O) groups excluding carboxylic acids is 3. The highest BCUT2D eigenvalue weighted by molar-refractivity contribution is 8.15. The van der Waals surface area contributed by atoms with Gasteiger partial charge in [-0.25, -0.2) is 4.99 Å². The van der Waals surface area contributed by atoms with E-state index in [4.69, 9.17) is 23.2 Å². The Kier molecular flexibility index (Phi) is 7.41. The highest BCUT2D eigenvalue weighted by Crippen LogP contribution is 2.38. The largest absolute Gasteiger partial charge is 0.326 e. The quantitative estimate of drug-likeness (QED) is 0.483. The molecule has 1 heterocycles. The van der Waals surface area contributed by atoms with Gasteiger partial charge in [-0.15, -0.1) is 0 Å². The lowest BCUT2D eigenvalue weighted by Crippen LogP contribution is -2.40. The lowest BCUT2D eigenvalue weighted by atomic mass is 10.1. The summed E-state index contributed by atoms with van der Waals surface area (Å²) in [5, 5.41) is 3.69. The van der Waals surface area contributed by atoms with Crippen molar-refractivity contribution >= 4 is 69.1 Å². The van der Waals surface area contributed by atoms with Crippen LogP contribution < -0.4 is 5.32 Å². The molecule has 2 aromatic carbocycles. The van der Waals surface area contributed by atoms with E-state index in [1.807, 2.05) is 0 Å². The predicted octanol–water partition coefficient (Wildman–Crippen LogP) is 6.10. The second-order valence-electron chi connectivity index (χ2n) is 8.13. The van der Waals surface area contributed by atoms with E-state index in [2.05, 4.69) is 10.3 Å². The molecule has 6 nitrogen and oxygen atoms in total. The average Bonchev–Trinajstić information content (AvgIpc) is 3.39. The summed E-state index contributed by atoms with van der Waals surface area (Å²) in [6.07, 6.45) is 4.02. The summed E-state index contributed by atoms with van der Waals surface area (Å²) in [6.45, 7) is 1.49. The third-order valence-electron chi connectivity index (χ3n) is 5.73. The minimum Gasteiger partial charge on any atom is -0.326 e. The van der Waals surface area contributed by atoms with Crippen molar-refractivity contribution in [3.05, 3.63) is 58.1 Å². The average molecular weight is 504 g/mol. The highest BCUT2D eigenvalue weighted by atomic mass is 35.5. The zero-order chi connectivity index (χ0) is 23.5. The van der Waals surface area contributed by atoms with Gasteiger partial charge in [0.2, 0.25) is 11.8 Å². The summed E-state index contributed by atoms with van der Waals surface area (Å²) in [5.74, 6) is -0.395. The molecule has 2 amide bonds. The molecule has 9 heteroatoms. The number of hydrogen-bond acceptors (Lipinski definition) is 5. The molecule has 1 saturated heterocycles. The molecule has 0 spiro atoms. The Hall–Kier alpha value is -2.35. The summed E-state index contributed by atoms with van der Waals surface area (Å²) in [4.78, 5) is 43.8. The van der Waals surface area contributed by atoms with Crippen LogP contribution in [0.15, 0.2) is 47.5 Å². The van der Waals surface area contributed by atoms with Crippen molar-refractivity contribution in [3.63, 3.8) is 0 Å². The molecule has 4 rings (SSSR count). The molecule has 33 heavy (non-hydrogen) atoms. The van der Waals surface area contributed by atoms with Crippen molar-refractivity contribution in [2.45, 2.75) is 50.3 Å². The van der Waals surface area contributed by atoms with Crippen LogP contribution in [0.1, 0.15) is 49.4 Å². The monoisotopic (exact) mass is 503 g/mol. The molecule has 1 unspecified atom stereocenters. The minimum absolute atomic E-state index is 0.0293. The number of amides is 2. The number of rotatable bonds is 6. The van der Waals surface area contributed by atoms with E-state index >= 15 is 0 Å². The second-order valence-corrected chi connectivity index (χ2v) is 10.1. The zero-order valence-corrected chi connectivity index (χ0v) is 20.3. The van der Waals surface area contributed by atoms with E-state index in [0.717, 1.165) is 25.7 Å². The van der Waals surface area contributed by atoms with Crippen LogP contribution in [0, 0.1) is 0 Å². The van der Waals surface area contributed by atoms with E-state index in [1.165, 1.54) is 18.7 Å². The van der Waals surface area contributed by atoms with Gasteiger partial charge in [-0.1, -0.05) is 47.8 Å². The maximum atomic E-state index is 13.3. The van der Waals surface area contributed by atoms with Crippen molar-refractivity contribution in [1.29, 1.82) is 0 Å². The van der Waals surface area contributed by atoms with Crippen LogP contribution in [-0.4, -0.2) is 39.0 Å². The number of benzene rings is 2. The van der Waals surface area contributed by atoms with E-state index in [0.29, 0.717) is 32.2 Å². The van der Waals surface area contributed by atoms with Crippen LogP contribution in [0.3, 0.4) is 0 Å². The number of nitrogens with zero attached hydrogens (tertiary/aromatic N) is 2. The summed E-state index contributed by atoms with van der Waals surface area (Å²) in [6, 6.07) is 11.9. The van der Waals surface area contributed by atoms with Gasteiger partial charge < -0.3 is 5.32 Å². The highest BCUT2D eigenvalue weighted by Gasteiger charge is 2.43. The third kappa shape index (κ3) is 5.60. The maximum absolute atomic E-state index is 13.3. The fraction of sp³-hybridized carbons (Fsp3) is 0.333. The molecule has 1 aliphatic heterocycles. The molecule has 1 atom stereocenters. The van der Waals surface area contributed by atoms with Crippen LogP contribution in [0.5, 0.6) is 0 Å². The number of carbonyl (C=O) groups is 3. The zero-order valence-electron chi connectivity index (χ0n) is 18.0. The smallest absolute Gasteiger partial charge is 0.242 e. The van der Waals surface area contributed by atoms with E-state index in [9.17, 15) is 14.4 Å². The molecule has 1 saturated carbocycles. The van der Waals surface area contributed by atoms with Gasteiger partial charge in [-0.3, -0.25) is 19.3 Å². The van der Waals surface area contributed by atoms with Crippen LogP contribution >= 0.6 is 35.0 Å². The third-order valence-corrected chi connectivity index (χ3v) is 7.62. The molecule has 2 aliphatic rings. The Morgan fingerprint density at radius 3 is 2.42 bits per heavy atom. The molecule has 0 radical (unpaired) electrons. The number of Topliss-reactive ketones (excluding diaryl/α,β-unsaturated/α-hetero) is 1. The van der Waals surface area contributed by atoms with Gasteiger partial charge >= 0.3 is 0 Å². The topological polar surface area (TPSA) is 78.8 Å². The van der Waals surface area contributed by atoms with Crippen LogP contribution in [0.4, 0.5) is 11.4 Å². The van der Waals surface area contributed by atoms with Crippen molar-refractivity contribution in [2.24, 2.45) is 4.99 Å². The van der Waals surface area contributed by atoms with E-state index < -0.39 is 5.25 Å². The Morgan fingerprint density at radius 1 is 1.09 bits per heavy atom. The molecule has 0 aromatic heterocycles. The van der Waals surface area contributed by atoms with Gasteiger partial charge in [0.15, 0.2) is 11.0 Å². The summed E-state index contributed by atoms with van der Waals surface area (Å²) in [7, 11) is 0. The number of thioether (sulfide) groups is 1. The second kappa shape index (κ2) is 10.3. The van der Waals surface area contributed by atoms with Gasteiger partial charge in [0.1, 0.15) is 5.25 Å².